The average Bonchev–Trinajstić information content (AvgIpc) is 2.69. The Labute approximate surface area is 179 Å². The molecule has 0 saturated heterocycles. The van der Waals surface area contributed by atoms with Gasteiger partial charge in [0.05, 0.1) is 0 Å². The van der Waals surface area contributed by atoms with Gasteiger partial charge in [0.25, 0.3) is 0 Å². The number of amides is 2. The molecule has 5 heteroatoms. The van der Waals surface area contributed by atoms with Crippen LogP contribution in [0.1, 0.15) is 110 Å². The maximum Gasteiger partial charge on any atom is 0.242 e. The Morgan fingerprint density at radius 3 is 1.86 bits per heavy atom. The fraction of sp³-hybridized carbons (Fsp3) is 0.833. The molecule has 0 radical (unpaired) electrons. The zero-order valence-electron chi connectivity index (χ0n) is 19.1. The van der Waals surface area contributed by atoms with Crippen molar-refractivity contribution in [2.45, 2.75) is 116 Å². The van der Waals surface area contributed by atoms with E-state index in [1.165, 1.54) is 84.0 Å². The van der Waals surface area contributed by atoms with Crippen molar-refractivity contribution in [1.29, 1.82) is 0 Å². The molecule has 2 amide bonds. The number of hydrogen-bond donors (Lipinski definition) is 3. The van der Waals surface area contributed by atoms with Crippen LogP contribution in [-0.4, -0.2) is 30.9 Å². The molecule has 0 aromatic rings. The number of hydrogen-bond acceptors (Lipinski definition) is 3. The molecular weight excluding hydrogens is 362 g/mol. The molecule has 0 rings (SSSR count). The first-order valence-corrected chi connectivity index (χ1v) is 12.0. The van der Waals surface area contributed by atoms with E-state index in [0.29, 0.717) is 19.5 Å². The molecule has 0 aromatic heterocycles. The highest BCUT2D eigenvalue weighted by molar-refractivity contribution is 5.86. The molecule has 0 saturated carbocycles. The molecule has 5 nitrogen and oxygen atoms in total. The van der Waals surface area contributed by atoms with Gasteiger partial charge in [-0.05, 0) is 45.1 Å². The van der Waals surface area contributed by atoms with Crippen molar-refractivity contribution in [3.8, 4) is 0 Å². The molecule has 0 aliphatic carbocycles. The molecule has 0 bridgehead atoms. The van der Waals surface area contributed by atoms with Gasteiger partial charge in [0.15, 0.2) is 0 Å². The van der Waals surface area contributed by atoms with Crippen LogP contribution in [0.25, 0.3) is 0 Å². The third kappa shape index (κ3) is 19.7. The highest BCUT2D eigenvalue weighted by Crippen LogP contribution is 2.09. The Hall–Kier alpha value is -1.36. The molecule has 0 aromatic carbocycles. The van der Waals surface area contributed by atoms with Gasteiger partial charge in [0.2, 0.25) is 11.8 Å². The SMILES string of the molecule is CCCCCCCCC=CCCCCCCCCNC(=O)C(CCN)NC(C)=O. The number of carbonyl (C=O) groups excluding carboxylic acids is 2. The smallest absolute Gasteiger partial charge is 0.242 e. The van der Waals surface area contributed by atoms with Crippen LogP contribution in [0.15, 0.2) is 12.2 Å². The highest BCUT2D eigenvalue weighted by atomic mass is 16.2. The Balaban J connectivity index is 3.43. The number of nitrogens with two attached hydrogens (primary N) is 1. The second-order valence-corrected chi connectivity index (χ2v) is 8.06. The summed E-state index contributed by atoms with van der Waals surface area (Å²) in [7, 11) is 0. The fourth-order valence-electron chi connectivity index (χ4n) is 3.39. The second-order valence-electron chi connectivity index (χ2n) is 8.06. The van der Waals surface area contributed by atoms with Gasteiger partial charge in [-0.3, -0.25) is 9.59 Å². The van der Waals surface area contributed by atoms with Crippen LogP contribution in [-0.2, 0) is 9.59 Å². The number of allylic oxidation sites excluding steroid dienone is 2. The standard InChI is InChI=1S/C24H47N3O2/c1-3-4-5-6-7-8-9-10-11-12-13-14-15-16-17-18-21-26-24(29)23(19-20-25)27-22(2)28/h10-11,23H,3-9,12-21,25H2,1-2H3,(H,26,29)(H,27,28). The summed E-state index contributed by atoms with van der Waals surface area (Å²) < 4.78 is 0. The van der Waals surface area contributed by atoms with Gasteiger partial charge < -0.3 is 16.4 Å². The lowest BCUT2D eigenvalue weighted by atomic mass is 10.1. The maximum absolute atomic E-state index is 12.0. The van der Waals surface area contributed by atoms with E-state index < -0.39 is 6.04 Å². The zero-order chi connectivity index (χ0) is 21.6. The van der Waals surface area contributed by atoms with Crippen LogP contribution in [0, 0.1) is 0 Å². The zero-order valence-corrected chi connectivity index (χ0v) is 19.1. The number of carbonyl (C=O) groups is 2. The summed E-state index contributed by atoms with van der Waals surface area (Å²) in [6, 6.07) is -0.508. The van der Waals surface area contributed by atoms with E-state index in [1.807, 2.05) is 0 Å². The second kappa shape index (κ2) is 21.4. The Morgan fingerprint density at radius 1 is 0.828 bits per heavy atom. The molecule has 0 aliphatic heterocycles. The van der Waals surface area contributed by atoms with Crippen molar-refractivity contribution in [3.05, 3.63) is 12.2 Å². The van der Waals surface area contributed by atoms with Crippen molar-refractivity contribution in [1.82, 2.24) is 10.6 Å². The lowest BCUT2D eigenvalue weighted by Crippen LogP contribution is -2.47. The van der Waals surface area contributed by atoms with Gasteiger partial charge in [-0.2, -0.15) is 0 Å². The largest absolute Gasteiger partial charge is 0.354 e. The van der Waals surface area contributed by atoms with E-state index >= 15 is 0 Å². The van der Waals surface area contributed by atoms with Crippen LogP contribution >= 0.6 is 0 Å². The lowest BCUT2D eigenvalue weighted by molar-refractivity contribution is -0.128. The normalized spacial score (nSPS) is 12.2. The first-order valence-electron chi connectivity index (χ1n) is 12.0. The number of rotatable bonds is 20. The fourth-order valence-corrected chi connectivity index (χ4v) is 3.39. The van der Waals surface area contributed by atoms with E-state index in [-0.39, 0.29) is 11.8 Å². The van der Waals surface area contributed by atoms with E-state index in [4.69, 9.17) is 5.73 Å². The van der Waals surface area contributed by atoms with E-state index in [0.717, 1.165) is 12.8 Å². The van der Waals surface area contributed by atoms with Crippen LogP contribution in [0.2, 0.25) is 0 Å². The van der Waals surface area contributed by atoms with E-state index in [2.05, 4.69) is 29.7 Å². The molecule has 0 spiro atoms. The van der Waals surface area contributed by atoms with E-state index in [9.17, 15) is 9.59 Å². The Kier molecular flexibility index (Phi) is 20.3. The summed E-state index contributed by atoms with van der Waals surface area (Å²) >= 11 is 0. The minimum Gasteiger partial charge on any atom is -0.354 e. The van der Waals surface area contributed by atoms with Crippen molar-refractivity contribution in [3.63, 3.8) is 0 Å². The minimum absolute atomic E-state index is 0.126. The molecule has 0 aliphatic rings. The summed E-state index contributed by atoms with van der Waals surface area (Å²) in [5.41, 5.74) is 5.50. The quantitative estimate of drug-likeness (QED) is 0.195. The van der Waals surface area contributed by atoms with Crippen molar-refractivity contribution in [2.24, 2.45) is 5.73 Å². The van der Waals surface area contributed by atoms with Crippen molar-refractivity contribution < 1.29 is 9.59 Å². The van der Waals surface area contributed by atoms with Crippen LogP contribution in [0.5, 0.6) is 0 Å². The van der Waals surface area contributed by atoms with Gasteiger partial charge in [0.1, 0.15) is 6.04 Å². The molecule has 0 heterocycles. The molecule has 0 fully saturated rings. The predicted molar refractivity (Wildman–Crippen MR) is 124 cm³/mol. The number of unbranched alkanes of at least 4 members (excludes halogenated alkanes) is 12. The summed E-state index contributed by atoms with van der Waals surface area (Å²) in [5, 5.41) is 5.56. The van der Waals surface area contributed by atoms with Gasteiger partial charge in [0, 0.05) is 13.5 Å². The molecule has 29 heavy (non-hydrogen) atoms. The maximum atomic E-state index is 12.0. The minimum atomic E-state index is -0.508. The van der Waals surface area contributed by atoms with Crippen LogP contribution < -0.4 is 16.4 Å². The van der Waals surface area contributed by atoms with Gasteiger partial charge >= 0.3 is 0 Å². The lowest BCUT2D eigenvalue weighted by Gasteiger charge is -2.16. The van der Waals surface area contributed by atoms with Crippen molar-refractivity contribution in [2.75, 3.05) is 13.1 Å². The Morgan fingerprint density at radius 2 is 1.34 bits per heavy atom. The van der Waals surface area contributed by atoms with Gasteiger partial charge in [-0.15, -0.1) is 0 Å². The molecule has 1 atom stereocenters. The summed E-state index contributed by atoms with van der Waals surface area (Å²) in [4.78, 5) is 23.2. The third-order valence-corrected chi connectivity index (χ3v) is 5.14. The first-order chi connectivity index (χ1) is 14.1. The Bertz CT molecular complexity index is 424. The average molecular weight is 410 g/mol. The summed E-state index contributed by atoms with van der Waals surface area (Å²) in [6.45, 7) is 4.73. The molecular formula is C24H47N3O2. The van der Waals surface area contributed by atoms with Gasteiger partial charge in [-0.1, -0.05) is 76.9 Å². The first kappa shape index (κ1) is 27.6. The van der Waals surface area contributed by atoms with Crippen LogP contribution in [0.3, 0.4) is 0 Å². The van der Waals surface area contributed by atoms with Gasteiger partial charge in [-0.25, -0.2) is 0 Å². The molecule has 170 valence electrons. The summed E-state index contributed by atoms with van der Waals surface area (Å²) in [6.07, 6.45) is 23.0. The monoisotopic (exact) mass is 409 g/mol. The molecule has 4 N–H and O–H groups in total. The number of nitrogens with one attached hydrogen (secondary N) is 2. The molecule has 1 unspecified atom stereocenters. The predicted octanol–water partition coefficient (Wildman–Crippen LogP) is 4.99. The van der Waals surface area contributed by atoms with Crippen molar-refractivity contribution >= 4 is 11.8 Å². The third-order valence-electron chi connectivity index (χ3n) is 5.14. The highest BCUT2D eigenvalue weighted by Gasteiger charge is 2.17. The van der Waals surface area contributed by atoms with Crippen LogP contribution in [0.4, 0.5) is 0 Å². The van der Waals surface area contributed by atoms with E-state index in [1.54, 1.807) is 0 Å². The summed E-state index contributed by atoms with van der Waals surface area (Å²) in [5.74, 6) is -0.325. The topological polar surface area (TPSA) is 84.2 Å².